The van der Waals surface area contributed by atoms with Crippen LogP contribution < -0.4 is 5.32 Å². The van der Waals surface area contributed by atoms with Crippen LogP contribution in [0.3, 0.4) is 0 Å². The van der Waals surface area contributed by atoms with Crippen LogP contribution in [-0.2, 0) is 0 Å². The molecule has 1 saturated carbocycles. The molecule has 0 atom stereocenters. The van der Waals surface area contributed by atoms with E-state index in [1.807, 2.05) is 0 Å². The second kappa shape index (κ2) is 4.08. The average Bonchev–Trinajstić information content (AvgIpc) is 2.59. The van der Waals surface area contributed by atoms with Gasteiger partial charge in [-0.2, -0.15) is 0 Å². The summed E-state index contributed by atoms with van der Waals surface area (Å²) >= 11 is 0. The molecule has 0 aromatic rings. The van der Waals surface area contributed by atoms with E-state index >= 15 is 0 Å². The fourth-order valence-electron chi connectivity index (χ4n) is 2.38. The summed E-state index contributed by atoms with van der Waals surface area (Å²) in [5.74, 6) is 0.930. The molecule has 1 heteroatoms. The van der Waals surface area contributed by atoms with Gasteiger partial charge in [0.2, 0.25) is 0 Å². The Morgan fingerprint density at radius 2 is 2.00 bits per heavy atom. The van der Waals surface area contributed by atoms with E-state index in [0.29, 0.717) is 0 Å². The molecule has 1 saturated heterocycles. The highest BCUT2D eigenvalue weighted by atomic mass is 14.9. The van der Waals surface area contributed by atoms with E-state index in [-0.39, 0.29) is 0 Å². The van der Waals surface area contributed by atoms with Gasteiger partial charge in [0.05, 0.1) is 0 Å². The van der Waals surface area contributed by atoms with Gasteiger partial charge in [0.25, 0.3) is 0 Å². The summed E-state index contributed by atoms with van der Waals surface area (Å²) in [6, 6.07) is 0. The van der Waals surface area contributed by atoms with Gasteiger partial charge in [-0.25, -0.2) is 0 Å². The molecule has 1 aliphatic heterocycles. The summed E-state index contributed by atoms with van der Waals surface area (Å²) in [5.41, 5.74) is 1.67. The van der Waals surface area contributed by atoms with Gasteiger partial charge in [-0.15, -0.1) is 0 Å². The lowest BCUT2D eigenvalue weighted by molar-refractivity contribution is 0.591. The molecule has 2 rings (SSSR count). The van der Waals surface area contributed by atoms with Crippen LogP contribution in [0.4, 0.5) is 0 Å². The van der Waals surface area contributed by atoms with Crippen LogP contribution in [0.1, 0.15) is 38.5 Å². The Bertz CT molecular complexity index is 158. The van der Waals surface area contributed by atoms with Gasteiger partial charge in [0, 0.05) is 6.54 Å². The van der Waals surface area contributed by atoms with Crippen LogP contribution >= 0.6 is 0 Å². The second-order valence-corrected chi connectivity index (χ2v) is 4.15. The smallest absolute Gasteiger partial charge is 0.0164 e. The van der Waals surface area contributed by atoms with E-state index in [1.165, 1.54) is 45.1 Å². The third-order valence-electron chi connectivity index (χ3n) is 3.07. The first-order chi connectivity index (χ1) is 5.95. The van der Waals surface area contributed by atoms with E-state index in [4.69, 9.17) is 0 Å². The van der Waals surface area contributed by atoms with Crippen molar-refractivity contribution in [3.05, 3.63) is 11.6 Å². The molecule has 0 aromatic carbocycles. The molecule has 2 fully saturated rings. The zero-order chi connectivity index (χ0) is 8.23. The SMILES string of the molecule is C(=C1CCCNC1)C1CCCC1. The Balaban J connectivity index is 1.87. The van der Waals surface area contributed by atoms with Crippen molar-refractivity contribution in [2.24, 2.45) is 5.92 Å². The molecule has 0 bridgehead atoms. The van der Waals surface area contributed by atoms with Crippen molar-refractivity contribution in [2.75, 3.05) is 13.1 Å². The highest BCUT2D eigenvalue weighted by molar-refractivity contribution is 5.09. The van der Waals surface area contributed by atoms with E-state index in [9.17, 15) is 0 Å². The molecular weight excluding hydrogens is 146 g/mol. The minimum absolute atomic E-state index is 0.930. The predicted octanol–water partition coefficient (Wildman–Crippen LogP) is 2.49. The van der Waals surface area contributed by atoms with Gasteiger partial charge in [0.15, 0.2) is 0 Å². The molecule has 2 aliphatic rings. The third-order valence-corrected chi connectivity index (χ3v) is 3.07. The van der Waals surface area contributed by atoms with Crippen molar-refractivity contribution in [2.45, 2.75) is 38.5 Å². The molecule has 0 spiro atoms. The minimum Gasteiger partial charge on any atom is -0.313 e. The maximum atomic E-state index is 3.44. The first-order valence-corrected chi connectivity index (χ1v) is 5.35. The first kappa shape index (κ1) is 8.31. The average molecular weight is 165 g/mol. The van der Waals surface area contributed by atoms with E-state index in [1.54, 1.807) is 5.57 Å². The normalized spacial score (nSPS) is 29.8. The second-order valence-electron chi connectivity index (χ2n) is 4.15. The van der Waals surface area contributed by atoms with Gasteiger partial charge in [-0.3, -0.25) is 0 Å². The van der Waals surface area contributed by atoms with Crippen LogP contribution in [0.15, 0.2) is 11.6 Å². The molecule has 1 N–H and O–H groups in total. The largest absolute Gasteiger partial charge is 0.313 e. The Hall–Kier alpha value is -0.300. The number of allylic oxidation sites excluding steroid dienone is 1. The summed E-state index contributed by atoms with van der Waals surface area (Å²) in [7, 11) is 0. The minimum atomic E-state index is 0.930. The molecular formula is C11H19N. The van der Waals surface area contributed by atoms with Crippen LogP contribution in [0.5, 0.6) is 0 Å². The number of piperidine rings is 1. The summed E-state index contributed by atoms with van der Waals surface area (Å²) in [6.45, 7) is 2.39. The van der Waals surface area contributed by atoms with Gasteiger partial charge in [0.1, 0.15) is 0 Å². The Kier molecular flexibility index (Phi) is 2.83. The van der Waals surface area contributed by atoms with Gasteiger partial charge in [-0.05, 0) is 38.1 Å². The molecule has 1 aliphatic carbocycles. The molecule has 0 aromatic heterocycles. The highest BCUT2D eigenvalue weighted by Crippen LogP contribution is 2.27. The van der Waals surface area contributed by atoms with Crippen LogP contribution in [0.2, 0.25) is 0 Å². The lowest BCUT2D eigenvalue weighted by atomic mass is 9.99. The maximum Gasteiger partial charge on any atom is 0.0164 e. The van der Waals surface area contributed by atoms with E-state index in [0.717, 1.165) is 12.5 Å². The van der Waals surface area contributed by atoms with Crippen LogP contribution in [-0.4, -0.2) is 13.1 Å². The predicted molar refractivity (Wildman–Crippen MR) is 52.1 cm³/mol. The van der Waals surface area contributed by atoms with Crippen molar-refractivity contribution in [3.8, 4) is 0 Å². The molecule has 0 amide bonds. The van der Waals surface area contributed by atoms with Gasteiger partial charge in [-0.1, -0.05) is 24.5 Å². The fourth-order valence-corrected chi connectivity index (χ4v) is 2.38. The summed E-state index contributed by atoms with van der Waals surface area (Å²) in [5, 5.41) is 3.44. The number of hydrogen-bond donors (Lipinski definition) is 1. The number of rotatable bonds is 1. The molecule has 12 heavy (non-hydrogen) atoms. The van der Waals surface area contributed by atoms with Crippen molar-refractivity contribution >= 4 is 0 Å². The van der Waals surface area contributed by atoms with Gasteiger partial charge >= 0.3 is 0 Å². The monoisotopic (exact) mass is 165 g/mol. The summed E-state index contributed by atoms with van der Waals surface area (Å²) in [4.78, 5) is 0. The lowest BCUT2D eigenvalue weighted by Gasteiger charge is -2.16. The standard InChI is InChI=1S/C11H19N/c1-2-5-10(4-1)8-11-6-3-7-12-9-11/h8,10,12H,1-7,9H2. The number of hydrogen-bond acceptors (Lipinski definition) is 1. The number of nitrogens with one attached hydrogen (secondary N) is 1. The zero-order valence-electron chi connectivity index (χ0n) is 7.81. The topological polar surface area (TPSA) is 12.0 Å². The lowest BCUT2D eigenvalue weighted by Crippen LogP contribution is -2.24. The molecule has 0 radical (unpaired) electrons. The van der Waals surface area contributed by atoms with Crippen molar-refractivity contribution in [1.29, 1.82) is 0 Å². The fraction of sp³-hybridized carbons (Fsp3) is 0.818. The van der Waals surface area contributed by atoms with E-state index < -0.39 is 0 Å². The zero-order valence-corrected chi connectivity index (χ0v) is 7.81. The van der Waals surface area contributed by atoms with Crippen molar-refractivity contribution in [3.63, 3.8) is 0 Å². The van der Waals surface area contributed by atoms with Gasteiger partial charge < -0.3 is 5.32 Å². The summed E-state index contributed by atoms with van der Waals surface area (Å²) in [6.07, 6.45) is 11.1. The highest BCUT2D eigenvalue weighted by Gasteiger charge is 2.14. The maximum absolute atomic E-state index is 3.44. The first-order valence-electron chi connectivity index (χ1n) is 5.35. The Labute approximate surface area is 75.2 Å². The summed E-state index contributed by atoms with van der Waals surface area (Å²) < 4.78 is 0. The molecule has 0 unspecified atom stereocenters. The third kappa shape index (κ3) is 2.10. The van der Waals surface area contributed by atoms with Crippen molar-refractivity contribution < 1.29 is 0 Å². The Morgan fingerprint density at radius 3 is 2.67 bits per heavy atom. The Morgan fingerprint density at radius 1 is 1.17 bits per heavy atom. The molecule has 1 nitrogen and oxygen atoms in total. The van der Waals surface area contributed by atoms with E-state index in [2.05, 4.69) is 11.4 Å². The quantitative estimate of drug-likeness (QED) is 0.589. The molecule has 68 valence electrons. The van der Waals surface area contributed by atoms with Crippen LogP contribution in [0, 0.1) is 5.92 Å². The van der Waals surface area contributed by atoms with Crippen LogP contribution in [0.25, 0.3) is 0 Å². The van der Waals surface area contributed by atoms with Crippen molar-refractivity contribution in [1.82, 2.24) is 5.32 Å². The molecule has 1 heterocycles.